The second kappa shape index (κ2) is 6.73. The van der Waals surface area contributed by atoms with Gasteiger partial charge in [-0.15, -0.1) is 0 Å². The summed E-state index contributed by atoms with van der Waals surface area (Å²) in [4.78, 5) is 33.5. The van der Waals surface area contributed by atoms with E-state index >= 15 is 0 Å². The van der Waals surface area contributed by atoms with Crippen LogP contribution in [0.2, 0.25) is 0 Å². The number of amides is 1. The number of non-ortho nitro benzene ring substituents is 1. The molecule has 1 aliphatic rings. The number of hydrogen-bond acceptors (Lipinski definition) is 5. The highest BCUT2D eigenvalue weighted by Gasteiger charge is 2.25. The molecule has 8 heteroatoms. The molecule has 0 saturated carbocycles. The summed E-state index contributed by atoms with van der Waals surface area (Å²) < 4.78 is 2.03. The zero-order valence-corrected chi connectivity index (χ0v) is 14.7. The summed E-state index contributed by atoms with van der Waals surface area (Å²) in [6.07, 6.45) is 3.61. The summed E-state index contributed by atoms with van der Waals surface area (Å²) in [5.41, 5.74) is 3.08. The third-order valence-corrected chi connectivity index (χ3v) is 4.98. The molecule has 1 saturated heterocycles. The van der Waals surface area contributed by atoms with Crippen LogP contribution in [0.1, 0.15) is 11.1 Å². The lowest BCUT2D eigenvalue weighted by Crippen LogP contribution is -2.10. The fourth-order valence-corrected chi connectivity index (χ4v) is 3.56. The monoisotopic (exact) mass is 379 g/mol. The summed E-state index contributed by atoms with van der Waals surface area (Å²) in [7, 11) is 0. The van der Waals surface area contributed by atoms with Gasteiger partial charge in [0.25, 0.3) is 10.9 Å². The highest BCUT2D eigenvalue weighted by Crippen LogP contribution is 2.26. The van der Waals surface area contributed by atoms with Crippen molar-refractivity contribution in [2.24, 2.45) is 0 Å². The Morgan fingerprint density at radius 2 is 1.89 bits per heavy atom. The number of benzene rings is 2. The molecule has 4 rings (SSSR count). The molecule has 0 aliphatic carbocycles. The van der Waals surface area contributed by atoms with Crippen LogP contribution in [0.5, 0.6) is 0 Å². The van der Waals surface area contributed by atoms with Crippen LogP contribution < -0.4 is 5.32 Å². The van der Waals surface area contributed by atoms with Gasteiger partial charge in [-0.2, -0.15) is 0 Å². The van der Waals surface area contributed by atoms with Gasteiger partial charge in [0.1, 0.15) is 0 Å². The van der Waals surface area contributed by atoms with Crippen LogP contribution in [-0.2, 0) is 11.3 Å². The van der Waals surface area contributed by atoms with Crippen molar-refractivity contribution >= 4 is 44.8 Å². The number of nitrogens with zero attached hydrogens (tertiary/aromatic N) is 2. The molecular weight excluding hydrogens is 366 g/mol. The Bertz CT molecular complexity index is 1120. The smallest absolute Gasteiger partial charge is 0.291 e. The van der Waals surface area contributed by atoms with Gasteiger partial charge in [-0.1, -0.05) is 24.3 Å². The summed E-state index contributed by atoms with van der Waals surface area (Å²) in [6, 6.07) is 14.1. The summed E-state index contributed by atoms with van der Waals surface area (Å²) in [5.74, 6) is 0. The van der Waals surface area contributed by atoms with Crippen LogP contribution in [0, 0.1) is 10.1 Å². The van der Waals surface area contributed by atoms with Crippen molar-refractivity contribution in [2.75, 3.05) is 0 Å². The average Bonchev–Trinajstić information content (AvgIpc) is 3.19. The Morgan fingerprint density at radius 3 is 2.56 bits per heavy atom. The SMILES string of the molecule is O=C1NC(=Cc2cccc3c2ccn3Cc2ccc([N+](=O)[O-])cc2)C(=O)S1. The molecule has 27 heavy (non-hydrogen) atoms. The van der Waals surface area contributed by atoms with Gasteiger partial charge in [-0.05, 0) is 29.3 Å². The van der Waals surface area contributed by atoms with Gasteiger partial charge in [0.2, 0.25) is 5.12 Å². The maximum Gasteiger partial charge on any atom is 0.291 e. The lowest BCUT2D eigenvalue weighted by atomic mass is 10.1. The molecule has 0 bridgehead atoms. The molecule has 1 aromatic heterocycles. The number of nitro benzene ring substituents is 1. The number of rotatable bonds is 4. The topological polar surface area (TPSA) is 94.2 Å². The van der Waals surface area contributed by atoms with Crippen LogP contribution in [0.15, 0.2) is 60.4 Å². The zero-order chi connectivity index (χ0) is 19.0. The zero-order valence-electron chi connectivity index (χ0n) is 13.9. The van der Waals surface area contributed by atoms with E-state index in [2.05, 4.69) is 5.32 Å². The third-order valence-electron chi connectivity index (χ3n) is 4.29. The summed E-state index contributed by atoms with van der Waals surface area (Å²) in [5, 5.41) is 13.6. The average molecular weight is 379 g/mol. The minimum Gasteiger partial charge on any atom is -0.343 e. The van der Waals surface area contributed by atoms with E-state index in [1.807, 2.05) is 35.0 Å². The second-order valence-electron chi connectivity index (χ2n) is 6.01. The first kappa shape index (κ1) is 17.0. The third kappa shape index (κ3) is 3.34. The molecule has 134 valence electrons. The Morgan fingerprint density at radius 1 is 1.11 bits per heavy atom. The van der Waals surface area contributed by atoms with Crippen molar-refractivity contribution in [3.8, 4) is 0 Å². The van der Waals surface area contributed by atoms with E-state index in [1.54, 1.807) is 18.2 Å². The summed E-state index contributed by atoms with van der Waals surface area (Å²) >= 11 is 0.653. The van der Waals surface area contributed by atoms with Gasteiger partial charge in [0, 0.05) is 47.5 Å². The Labute approximate surface area is 157 Å². The largest absolute Gasteiger partial charge is 0.343 e. The molecule has 1 N–H and O–H groups in total. The standard InChI is InChI=1S/C19H13N3O4S/c23-18-16(20-19(24)27-18)10-13-2-1-3-17-15(13)8-9-21(17)11-12-4-6-14(7-5-12)22(25)26/h1-10H,11H2,(H,20,24). The Hall–Kier alpha value is -3.39. The highest BCUT2D eigenvalue weighted by atomic mass is 32.2. The Kier molecular flexibility index (Phi) is 4.25. The van der Waals surface area contributed by atoms with Gasteiger partial charge in [0.05, 0.1) is 10.6 Å². The number of hydrogen-bond donors (Lipinski definition) is 1. The van der Waals surface area contributed by atoms with Crippen molar-refractivity contribution < 1.29 is 14.5 Å². The van der Waals surface area contributed by atoms with Gasteiger partial charge in [-0.25, -0.2) is 0 Å². The van der Waals surface area contributed by atoms with Crippen LogP contribution >= 0.6 is 11.8 Å². The van der Waals surface area contributed by atoms with Crippen LogP contribution in [0.3, 0.4) is 0 Å². The van der Waals surface area contributed by atoms with Crippen LogP contribution in [-0.4, -0.2) is 19.8 Å². The van der Waals surface area contributed by atoms with Crippen molar-refractivity contribution in [3.05, 3.63) is 81.7 Å². The van der Waals surface area contributed by atoms with Crippen molar-refractivity contribution in [1.29, 1.82) is 0 Å². The first-order valence-electron chi connectivity index (χ1n) is 8.07. The molecule has 0 spiro atoms. The number of thioether (sulfide) groups is 1. The first-order valence-corrected chi connectivity index (χ1v) is 8.89. The van der Waals surface area contributed by atoms with E-state index in [-0.39, 0.29) is 21.7 Å². The maximum atomic E-state index is 11.8. The predicted octanol–water partition coefficient (Wildman–Crippen LogP) is 3.92. The molecule has 0 atom stereocenters. The lowest BCUT2D eigenvalue weighted by Gasteiger charge is -2.07. The van der Waals surface area contributed by atoms with E-state index in [1.165, 1.54) is 12.1 Å². The van der Waals surface area contributed by atoms with E-state index in [0.29, 0.717) is 18.3 Å². The number of carbonyl (C=O) groups excluding carboxylic acids is 2. The number of carbonyl (C=O) groups is 2. The number of nitro groups is 1. The predicted molar refractivity (Wildman–Crippen MR) is 103 cm³/mol. The van der Waals surface area contributed by atoms with Crippen molar-refractivity contribution in [1.82, 2.24) is 9.88 Å². The fraction of sp³-hybridized carbons (Fsp3) is 0.0526. The van der Waals surface area contributed by atoms with Gasteiger partial charge in [-0.3, -0.25) is 19.7 Å². The van der Waals surface area contributed by atoms with Gasteiger partial charge >= 0.3 is 0 Å². The molecule has 2 aromatic carbocycles. The Balaban J connectivity index is 1.66. The van der Waals surface area contributed by atoms with E-state index in [9.17, 15) is 19.7 Å². The van der Waals surface area contributed by atoms with E-state index in [4.69, 9.17) is 0 Å². The quantitative estimate of drug-likeness (QED) is 0.421. The highest BCUT2D eigenvalue weighted by molar-refractivity contribution is 8.27. The molecule has 0 radical (unpaired) electrons. The molecular formula is C19H13N3O4S. The molecule has 2 heterocycles. The second-order valence-corrected chi connectivity index (χ2v) is 6.95. The number of aromatic nitrogens is 1. The first-order chi connectivity index (χ1) is 13.0. The summed E-state index contributed by atoms with van der Waals surface area (Å²) in [6.45, 7) is 0.563. The van der Waals surface area contributed by atoms with Gasteiger partial charge < -0.3 is 9.88 Å². The normalized spacial score (nSPS) is 15.5. The minimum absolute atomic E-state index is 0.0613. The van der Waals surface area contributed by atoms with E-state index in [0.717, 1.165) is 22.0 Å². The van der Waals surface area contributed by atoms with Crippen LogP contribution in [0.4, 0.5) is 10.5 Å². The molecule has 1 amide bonds. The molecule has 1 fully saturated rings. The number of fused-ring (bicyclic) bond motifs is 1. The fourth-order valence-electron chi connectivity index (χ4n) is 3.01. The lowest BCUT2D eigenvalue weighted by molar-refractivity contribution is -0.384. The minimum atomic E-state index is -0.421. The van der Waals surface area contributed by atoms with Crippen LogP contribution in [0.25, 0.3) is 17.0 Å². The molecule has 7 nitrogen and oxygen atoms in total. The van der Waals surface area contributed by atoms with Gasteiger partial charge in [0.15, 0.2) is 0 Å². The van der Waals surface area contributed by atoms with E-state index < -0.39 is 4.92 Å². The van der Waals surface area contributed by atoms with Crippen molar-refractivity contribution in [3.63, 3.8) is 0 Å². The molecule has 0 unspecified atom stereocenters. The molecule has 3 aromatic rings. The van der Waals surface area contributed by atoms with Crippen molar-refractivity contribution in [2.45, 2.75) is 6.54 Å². The molecule has 1 aliphatic heterocycles. The maximum absolute atomic E-state index is 11.8. The number of nitrogens with one attached hydrogen (secondary N) is 1.